The van der Waals surface area contributed by atoms with Crippen molar-refractivity contribution in [3.63, 3.8) is 0 Å². The second-order valence-corrected chi connectivity index (χ2v) is 8.63. The maximum Gasteiger partial charge on any atom is 0.261 e. The number of benzene rings is 3. The highest BCUT2D eigenvalue weighted by atomic mass is 35.5. The monoisotopic (exact) mass is 498 g/mol. The number of hydrogen-bond acceptors (Lipinski definition) is 3. The van der Waals surface area contributed by atoms with Gasteiger partial charge in [0, 0.05) is 35.1 Å². The summed E-state index contributed by atoms with van der Waals surface area (Å²) in [4.78, 5) is 28.3. The van der Waals surface area contributed by atoms with Gasteiger partial charge in [0.2, 0.25) is 5.91 Å². The zero-order valence-electron chi connectivity index (χ0n) is 19.0. The standard InChI is InChI=1S/C27H28Cl2N2O3/c1-2-16-30-27(33)25(17-20-10-5-3-6-11-20)31(18-22-23(28)14-9-15-24(22)29)26(32)19-34-21-12-7-4-8-13-21/h3-15,25H,2,16-19H2,1H3,(H,30,33)/t25-/m1/s1. The first kappa shape index (κ1) is 25.6. The Balaban J connectivity index is 1.93. The van der Waals surface area contributed by atoms with Crippen LogP contribution >= 0.6 is 23.2 Å². The van der Waals surface area contributed by atoms with Crippen LogP contribution in [-0.2, 0) is 22.6 Å². The molecule has 3 aromatic carbocycles. The first-order chi connectivity index (χ1) is 16.5. The van der Waals surface area contributed by atoms with E-state index in [-0.39, 0.29) is 25.0 Å². The van der Waals surface area contributed by atoms with Crippen molar-refractivity contribution in [3.05, 3.63) is 100 Å². The van der Waals surface area contributed by atoms with E-state index in [2.05, 4.69) is 5.32 Å². The van der Waals surface area contributed by atoms with Gasteiger partial charge in [-0.1, -0.05) is 84.7 Å². The second kappa shape index (κ2) is 13.0. The first-order valence-corrected chi connectivity index (χ1v) is 12.0. The van der Waals surface area contributed by atoms with Gasteiger partial charge in [-0.2, -0.15) is 0 Å². The van der Waals surface area contributed by atoms with Crippen molar-refractivity contribution >= 4 is 35.0 Å². The van der Waals surface area contributed by atoms with Gasteiger partial charge in [-0.05, 0) is 36.2 Å². The average molecular weight is 499 g/mol. The third-order valence-corrected chi connectivity index (χ3v) is 6.02. The van der Waals surface area contributed by atoms with Gasteiger partial charge in [0.05, 0.1) is 0 Å². The molecule has 0 aromatic heterocycles. The molecule has 34 heavy (non-hydrogen) atoms. The lowest BCUT2D eigenvalue weighted by Crippen LogP contribution is -2.51. The fourth-order valence-electron chi connectivity index (χ4n) is 3.52. The van der Waals surface area contributed by atoms with Crippen molar-refractivity contribution in [2.45, 2.75) is 32.4 Å². The van der Waals surface area contributed by atoms with Crippen LogP contribution in [0.4, 0.5) is 0 Å². The van der Waals surface area contributed by atoms with Crippen LogP contribution in [0.25, 0.3) is 0 Å². The highest BCUT2D eigenvalue weighted by Gasteiger charge is 2.31. The van der Waals surface area contributed by atoms with Crippen LogP contribution in [0.15, 0.2) is 78.9 Å². The average Bonchev–Trinajstić information content (AvgIpc) is 2.86. The summed E-state index contributed by atoms with van der Waals surface area (Å²) in [5.41, 5.74) is 1.52. The summed E-state index contributed by atoms with van der Waals surface area (Å²) in [5.74, 6) is -0.00372. The lowest BCUT2D eigenvalue weighted by Gasteiger charge is -2.32. The smallest absolute Gasteiger partial charge is 0.261 e. The lowest BCUT2D eigenvalue weighted by molar-refractivity contribution is -0.142. The maximum atomic E-state index is 13.5. The molecular weight excluding hydrogens is 471 g/mol. The van der Waals surface area contributed by atoms with Gasteiger partial charge in [-0.15, -0.1) is 0 Å². The maximum absolute atomic E-state index is 13.5. The van der Waals surface area contributed by atoms with E-state index < -0.39 is 6.04 Å². The fourth-order valence-corrected chi connectivity index (χ4v) is 4.04. The molecule has 178 valence electrons. The molecule has 0 radical (unpaired) electrons. The molecule has 0 saturated carbocycles. The summed E-state index contributed by atoms with van der Waals surface area (Å²) < 4.78 is 5.72. The Labute approximate surface area is 210 Å². The van der Waals surface area contributed by atoms with Gasteiger partial charge in [0.25, 0.3) is 5.91 Å². The van der Waals surface area contributed by atoms with Gasteiger partial charge < -0.3 is 15.0 Å². The summed E-state index contributed by atoms with van der Waals surface area (Å²) in [6.07, 6.45) is 1.13. The van der Waals surface area contributed by atoms with Crippen LogP contribution in [-0.4, -0.2) is 35.9 Å². The normalized spacial score (nSPS) is 11.5. The van der Waals surface area contributed by atoms with E-state index in [1.165, 1.54) is 4.90 Å². The summed E-state index contributed by atoms with van der Waals surface area (Å²) in [6, 6.07) is 23.1. The Morgan fingerprint density at radius 2 is 1.53 bits per heavy atom. The number of carbonyl (C=O) groups is 2. The van der Waals surface area contributed by atoms with Gasteiger partial charge in [0.15, 0.2) is 6.61 Å². The Kier molecular flexibility index (Phi) is 9.80. The molecule has 0 aliphatic carbocycles. The summed E-state index contributed by atoms with van der Waals surface area (Å²) in [7, 11) is 0. The minimum atomic E-state index is -0.770. The molecule has 5 nitrogen and oxygen atoms in total. The molecule has 7 heteroatoms. The molecule has 1 atom stereocenters. The number of carbonyl (C=O) groups excluding carboxylic acids is 2. The SMILES string of the molecule is CCCNC(=O)[C@@H](Cc1ccccc1)N(Cc1c(Cl)cccc1Cl)C(=O)COc1ccccc1. The molecule has 0 bridgehead atoms. The molecule has 0 heterocycles. The minimum Gasteiger partial charge on any atom is -0.484 e. The van der Waals surface area contributed by atoms with Gasteiger partial charge >= 0.3 is 0 Å². The van der Waals surface area contributed by atoms with E-state index in [1.54, 1.807) is 30.3 Å². The van der Waals surface area contributed by atoms with Crippen molar-refractivity contribution in [3.8, 4) is 5.75 Å². The van der Waals surface area contributed by atoms with Gasteiger partial charge in [-0.25, -0.2) is 0 Å². The molecule has 0 aliphatic heterocycles. The summed E-state index contributed by atoms with van der Waals surface area (Å²) in [5, 5.41) is 3.80. The van der Waals surface area contributed by atoms with E-state index >= 15 is 0 Å². The summed E-state index contributed by atoms with van der Waals surface area (Å²) in [6.45, 7) is 2.34. The van der Waals surface area contributed by atoms with Crippen molar-refractivity contribution in [1.29, 1.82) is 0 Å². The van der Waals surface area contributed by atoms with E-state index in [9.17, 15) is 9.59 Å². The quantitative estimate of drug-likeness (QED) is 0.377. The third kappa shape index (κ3) is 7.24. The number of para-hydroxylation sites is 1. The Morgan fingerprint density at radius 3 is 2.15 bits per heavy atom. The first-order valence-electron chi connectivity index (χ1n) is 11.2. The Hall–Kier alpha value is -3.02. The number of amides is 2. The van der Waals surface area contributed by atoms with Crippen LogP contribution in [0, 0.1) is 0 Å². The molecule has 0 fully saturated rings. The third-order valence-electron chi connectivity index (χ3n) is 5.32. The Morgan fingerprint density at radius 1 is 0.912 bits per heavy atom. The largest absolute Gasteiger partial charge is 0.484 e. The topological polar surface area (TPSA) is 58.6 Å². The number of nitrogens with one attached hydrogen (secondary N) is 1. The number of nitrogens with zero attached hydrogens (tertiary/aromatic N) is 1. The Bertz CT molecular complexity index is 1060. The minimum absolute atomic E-state index is 0.0759. The molecule has 0 aliphatic rings. The van der Waals surface area contributed by atoms with Crippen molar-refractivity contribution in [2.24, 2.45) is 0 Å². The molecule has 1 N–H and O–H groups in total. The van der Waals surface area contributed by atoms with E-state index in [0.29, 0.717) is 34.3 Å². The number of rotatable bonds is 11. The van der Waals surface area contributed by atoms with E-state index in [1.807, 2.05) is 55.5 Å². The second-order valence-electron chi connectivity index (χ2n) is 7.82. The zero-order valence-corrected chi connectivity index (χ0v) is 20.6. The van der Waals surface area contributed by atoms with Crippen LogP contribution in [0.3, 0.4) is 0 Å². The van der Waals surface area contributed by atoms with Crippen molar-refractivity contribution in [1.82, 2.24) is 10.2 Å². The molecule has 0 spiro atoms. The molecule has 0 unspecified atom stereocenters. The van der Waals surface area contributed by atoms with Crippen molar-refractivity contribution < 1.29 is 14.3 Å². The molecule has 2 amide bonds. The molecular formula is C27H28Cl2N2O3. The number of hydrogen-bond donors (Lipinski definition) is 1. The van der Waals surface area contributed by atoms with Crippen LogP contribution in [0.2, 0.25) is 10.0 Å². The fraction of sp³-hybridized carbons (Fsp3) is 0.259. The number of halogens is 2. The van der Waals surface area contributed by atoms with Crippen molar-refractivity contribution in [2.75, 3.05) is 13.2 Å². The predicted molar refractivity (Wildman–Crippen MR) is 136 cm³/mol. The highest BCUT2D eigenvalue weighted by Crippen LogP contribution is 2.27. The number of ether oxygens (including phenoxy) is 1. The van der Waals surface area contributed by atoms with Crippen LogP contribution in [0.1, 0.15) is 24.5 Å². The van der Waals surface area contributed by atoms with E-state index in [0.717, 1.165) is 12.0 Å². The molecule has 3 rings (SSSR count). The highest BCUT2D eigenvalue weighted by molar-refractivity contribution is 6.36. The molecule has 3 aromatic rings. The van der Waals surface area contributed by atoms with Crippen LogP contribution < -0.4 is 10.1 Å². The zero-order chi connectivity index (χ0) is 24.3. The summed E-state index contributed by atoms with van der Waals surface area (Å²) >= 11 is 12.9. The molecule has 0 saturated heterocycles. The predicted octanol–water partition coefficient (Wildman–Crippen LogP) is 5.54. The van der Waals surface area contributed by atoms with Crippen LogP contribution in [0.5, 0.6) is 5.75 Å². The van der Waals surface area contributed by atoms with E-state index in [4.69, 9.17) is 27.9 Å². The lowest BCUT2D eigenvalue weighted by atomic mass is 10.0. The van der Waals surface area contributed by atoms with Gasteiger partial charge in [-0.3, -0.25) is 9.59 Å². The van der Waals surface area contributed by atoms with Gasteiger partial charge in [0.1, 0.15) is 11.8 Å².